The second-order valence-electron chi connectivity index (χ2n) is 7.68. The van der Waals surface area contributed by atoms with Crippen molar-refractivity contribution < 1.29 is 9.13 Å². The molecule has 1 fully saturated rings. The van der Waals surface area contributed by atoms with E-state index in [9.17, 15) is 4.39 Å². The van der Waals surface area contributed by atoms with Gasteiger partial charge in [-0.2, -0.15) is 4.39 Å². The molecule has 0 radical (unpaired) electrons. The Morgan fingerprint density at radius 1 is 1.11 bits per heavy atom. The molecule has 1 aromatic heterocycles. The van der Waals surface area contributed by atoms with E-state index in [1.807, 2.05) is 6.07 Å². The van der Waals surface area contributed by atoms with Gasteiger partial charge in [-0.25, -0.2) is 4.98 Å². The van der Waals surface area contributed by atoms with Gasteiger partial charge < -0.3 is 9.64 Å². The standard InChI is InChI=1S/C22H28FN3O/c1-27-20-8-7-18-6-5-17(15-19(18)16-20)9-10-25-11-13-26(14-12-25)22-4-2-3-21(23)24-22/h2-4,7-8,16-17H,5-6,9-15H2,1H3. The van der Waals surface area contributed by atoms with E-state index in [0.29, 0.717) is 0 Å². The predicted octanol–water partition coefficient (Wildman–Crippen LogP) is 3.55. The van der Waals surface area contributed by atoms with Gasteiger partial charge in [0.05, 0.1) is 7.11 Å². The number of anilines is 1. The largest absolute Gasteiger partial charge is 0.497 e. The van der Waals surface area contributed by atoms with Gasteiger partial charge in [0.15, 0.2) is 0 Å². The Bertz CT molecular complexity index is 774. The summed E-state index contributed by atoms with van der Waals surface area (Å²) in [5, 5.41) is 0. The van der Waals surface area contributed by atoms with Crippen LogP contribution in [0.4, 0.5) is 10.2 Å². The summed E-state index contributed by atoms with van der Waals surface area (Å²) in [6, 6.07) is 11.5. The molecular formula is C22H28FN3O. The molecule has 0 saturated carbocycles. The fourth-order valence-corrected chi connectivity index (χ4v) is 4.32. The van der Waals surface area contributed by atoms with Crippen molar-refractivity contribution in [2.75, 3.05) is 44.7 Å². The van der Waals surface area contributed by atoms with Gasteiger partial charge in [0, 0.05) is 26.2 Å². The molecule has 1 unspecified atom stereocenters. The van der Waals surface area contributed by atoms with Crippen LogP contribution in [0.25, 0.3) is 0 Å². The lowest BCUT2D eigenvalue weighted by Gasteiger charge is -2.36. The first-order valence-corrected chi connectivity index (χ1v) is 9.97. The van der Waals surface area contributed by atoms with Crippen LogP contribution < -0.4 is 9.64 Å². The quantitative estimate of drug-likeness (QED) is 0.754. The van der Waals surface area contributed by atoms with E-state index >= 15 is 0 Å². The number of hydrogen-bond acceptors (Lipinski definition) is 4. The number of aryl methyl sites for hydroxylation is 1. The molecule has 1 aromatic carbocycles. The first kappa shape index (κ1) is 18.2. The molecule has 2 aromatic rings. The summed E-state index contributed by atoms with van der Waals surface area (Å²) in [5.41, 5.74) is 2.95. The number of pyridine rings is 1. The molecule has 1 aliphatic carbocycles. The lowest BCUT2D eigenvalue weighted by atomic mass is 9.82. The molecular weight excluding hydrogens is 341 g/mol. The SMILES string of the molecule is COc1ccc2c(c1)CC(CCN1CCN(c3cccc(F)n3)CC1)CC2. The van der Waals surface area contributed by atoms with Crippen molar-refractivity contribution in [2.45, 2.75) is 25.7 Å². The van der Waals surface area contributed by atoms with Crippen LogP contribution in [0.2, 0.25) is 0 Å². The molecule has 2 aliphatic rings. The summed E-state index contributed by atoms with van der Waals surface area (Å²) in [6.45, 7) is 5.03. The Morgan fingerprint density at radius 3 is 2.74 bits per heavy atom. The summed E-state index contributed by atoms with van der Waals surface area (Å²) >= 11 is 0. The van der Waals surface area contributed by atoms with Gasteiger partial charge in [0.1, 0.15) is 11.6 Å². The molecule has 0 amide bonds. The second-order valence-corrected chi connectivity index (χ2v) is 7.68. The molecule has 1 aliphatic heterocycles. The van der Waals surface area contributed by atoms with E-state index in [2.05, 4.69) is 33.0 Å². The Balaban J connectivity index is 1.25. The molecule has 0 N–H and O–H groups in total. The zero-order valence-electron chi connectivity index (χ0n) is 16.0. The average Bonchev–Trinajstić information content (AvgIpc) is 2.72. The van der Waals surface area contributed by atoms with Gasteiger partial charge >= 0.3 is 0 Å². The molecule has 4 rings (SSSR count). The van der Waals surface area contributed by atoms with Crippen LogP contribution in [0.1, 0.15) is 24.0 Å². The number of benzene rings is 1. The van der Waals surface area contributed by atoms with Crippen LogP contribution in [0, 0.1) is 11.9 Å². The first-order valence-electron chi connectivity index (χ1n) is 9.97. The zero-order chi connectivity index (χ0) is 18.6. The van der Waals surface area contributed by atoms with Crippen molar-refractivity contribution >= 4 is 5.82 Å². The molecule has 1 atom stereocenters. The second kappa shape index (κ2) is 8.26. The van der Waals surface area contributed by atoms with Crippen LogP contribution in [0.5, 0.6) is 5.75 Å². The lowest BCUT2D eigenvalue weighted by molar-refractivity contribution is 0.232. The highest BCUT2D eigenvalue weighted by Gasteiger charge is 2.22. The molecule has 27 heavy (non-hydrogen) atoms. The van der Waals surface area contributed by atoms with Crippen molar-refractivity contribution in [1.82, 2.24) is 9.88 Å². The maximum atomic E-state index is 13.3. The summed E-state index contributed by atoms with van der Waals surface area (Å²) in [7, 11) is 1.74. The monoisotopic (exact) mass is 369 g/mol. The molecule has 0 spiro atoms. The number of rotatable bonds is 5. The molecule has 1 saturated heterocycles. The Kier molecular flexibility index (Phi) is 5.58. The molecule has 144 valence electrons. The molecule has 5 heteroatoms. The van der Waals surface area contributed by atoms with E-state index < -0.39 is 5.95 Å². The van der Waals surface area contributed by atoms with Gasteiger partial charge in [0.25, 0.3) is 0 Å². The fraction of sp³-hybridized carbons (Fsp3) is 0.500. The van der Waals surface area contributed by atoms with Crippen LogP contribution >= 0.6 is 0 Å². The van der Waals surface area contributed by atoms with Crippen LogP contribution in [-0.4, -0.2) is 49.7 Å². The molecule has 4 nitrogen and oxygen atoms in total. The maximum absolute atomic E-state index is 13.3. The van der Waals surface area contributed by atoms with E-state index in [1.54, 1.807) is 13.2 Å². The topological polar surface area (TPSA) is 28.6 Å². The molecule has 2 heterocycles. The third kappa shape index (κ3) is 4.41. The highest BCUT2D eigenvalue weighted by molar-refractivity contribution is 5.39. The lowest BCUT2D eigenvalue weighted by Crippen LogP contribution is -2.47. The fourth-order valence-electron chi connectivity index (χ4n) is 4.32. The van der Waals surface area contributed by atoms with Crippen LogP contribution in [0.15, 0.2) is 36.4 Å². The highest BCUT2D eigenvalue weighted by atomic mass is 19.1. The summed E-state index contributed by atoms with van der Waals surface area (Å²) in [4.78, 5) is 8.73. The number of aromatic nitrogens is 1. The Labute approximate surface area is 161 Å². The van der Waals surface area contributed by atoms with E-state index in [1.165, 1.54) is 42.9 Å². The van der Waals surface area contributed by atoms with Crippen LogP contribution in [-0.2, 0) is 12.8 Å². The number of ether oxygens (including phenoxy) is 1. The van der Waals surface area contributed by atoms with Gasteiger partial charge in [-0.15, -0.1) is 0 Å². The number of halogens is 1. The number of fused-ring (bicyclic) bond motifs is 1. The number of hydrogen-bond donors (Lipinski definition) is 0. The predicted molar refractivity (Wildman–Crippen MR) is 106 cm³/mol. The van der Waals surface area contributed by atoms with Crippen LogP contribution in [0.3, 0.4) is 0 Å². The number of nitrogens with zero attached hydrogens (tertiary/aromatic N) is 3. The van der Waals surface area contributed by atoms with E-state index in [4.69, 9.17) is 4.74 Å². The van der Waals surface area contributed by atoms with Gasteiger partial charge in [-0.3, -0.25) is 4.90 Å². The highest BCUT2D eigenvalue weighted by Crippen LogP contribution is 2.30. The van der Waals surface area contributed by atoms with Crippen molar-refractivity contribution in [3.63, 3.8) is 0 Å². The van der Waals surface area contributed by atoms with Crippen molar-refractivity contribution in [3.8, 4) is 5.75 Å². The molecule has 0 bridgehead atoms. The Hall–Kier alpha value is -2.14. The third-order valence-electron chi connectivity index (χ3n) is 5.99. The first-order chi connectivity index (χ1) is 13.2. The van der Waals surface area contributed by atoms with Gasteiger partial charge in [-0.05, 0) is 73.5 Å². The minimum Gasteiger partial charge on any atom is -0.497 e. The van der Waals surface area contributed by atoms with Gasteiger partial charge in [-0.1, -0.05) is 12.1 Å². The minimum atomic E-state index is -0.399. The van der Waals surface area contributed by atoms with Crippen molar-refractivity contribution in [1.29, 1.82) is 0 Å². The summed E-state index contributed by atoms with van der Waals surface area (Å²) in [5.74, 6) is 2.08. The van der Waals surface area contributed by atoms with Gasteiger partial charge in [0.2, 0.25) is 5.95 Å². The minimum absolute atomic E-state index is 0.399. The van der Waals surface area contributed by atoms with Crippen molar-refractivity contribution in [3.05, 3.63) is 53.5 Å². The summed E-state index contributed by atoms with van der Waals surface area (Å²) < 4.78 is 18.7. The smallest absolute Gasteiger partial charge is 0.214 e. The average molecular weight is 369 g/mol. The van der Waals surface area contributed by atoms with E-state index in [0.717, 1.165) is 50.2 Å². The summed E-state index contributed by atoms with van der Waals surface area (Å²) in [6.07, 6.45) is 4.88. The van der Waals surface area contributed by atoms with E-state index in [-0.39, 0.29) is 0 Å². The normalized spacial score (nSPS) is 20.4. The Morgan fingerprint density at radius 2 is 1.96 bits per heavy atom. The number of piperazine rings is 1. The maximum Gasteiger partial charge on any atom is 0.214 e. The third-order valence-corrected chi connectivity index (χ3v) is 5.99. The zero-order valence-corrected chi connectivity index (χ0v) is 16.0. The van der Waals surface area contributed by atoms with Crippen molar-refractivity contribution in [2.24, 2.45) is 5.92 Å². The number of methoxy groups -OCH3 is 1.